The van der Waals surface area contributed by atoms with Gasteiger partial charge in [0.25, 0.3) is 0 Å². The van der Waals surface area contributed by atoms with Crippen LogP contribution in [0, 0.1) is 0 Å². The number of rotatable bonds is 0. The molecule has 0 bridgehead atoms. The van der Waals surface area contributed by atoms with Crippen molar-refractivity contribution in [1.29, 1.82) is 0 Å². The van der Waals surface area contributed by atoms with E-state index in [0.717, 1.165) is 5.75 Å². The molecule has 0 aromatic rings. The summed E-state index contributed by atoms with van der Waals surface area (Å²) in [5.74, 6) is 0.903. The van der Waals surface area contributed by atoms with E-state index in [1.165, 1.54) is 0 Å². The van der Waals surface area contributed by atoms with E-state index in [1.54, 1.807) is 18.0 Å². The molecule has 2 rings (SSSR count). The molecule has 0 saturated carbocycles. The third-order valence-electron chi connectivity index (χ3n) is 0.816. The lowest BCUT2D eigenvalue weighted by Crippen LogP contribution is -1.90. The zero-order chi connectivity index (χ0) is 4.74. The molecule has 0 atom stereocenters. The molecular formula is C3H3NO2S. The maximum Gasteiger partial charge on any atom is 0.377 e. The van der Waals surface area contributed by atoms with Crippen molar-refractivity contribution in [3.63, 3.8) is 0 Å². The van der Waals surface area contributed by atoms with Crippen molar-refractivity contribution in [1.82, 2.24) is 0 Å². The molecule has 1 saturated heterocycles. The standard InChI is InChI=1S/C3H3NO2S/c1-2-7-3(4-1)5-6-3/h1H,2H2. The maximum absolute atomic E-state index is 4.52. The first-order valence-electron chi connectivity index (χ1n) is 1.96. The van der Waals surface area contributed by atoms with Gasteiger partial charge in [-0.3, -0.25) is 0 Å². The molecule has 0 aromatic carbocycles. The average Bonchev–Trinajstić information content (AvgIpc) is 2.15. The van der Waals surface area contributed by atoms with Crippen molar-refractivity contribution in [3.8, 4) is 0 Å². The molecule has 3 nitrogen and oxygen atoms in total. The van der Waals surface area contributed by atoms with Gasteiger partial charge in [0.2, 0.25) is 0 Å². The minimum Gasteiger partial charge on any atom is -0.222 e. The molecule has 4 heteroatoms. The van der Waals surface area contributed by atoms with Gasteiger partial charge in [0.05, 0.1) is 0 Å². The van der Waals surface area contributed by atoms with Crippen LogP contribution >= 0.6 is 11.8 Å². The Labute approximate surface area is 44.6 Å². The predicted octanol–water partition coefficient (Wildman–Crippen LogP) is 0.377. The SMILES string of the molecule is C1=NC2(OO2)SC1. The Bertz CT molecular complexity index is 120. The molecule has 0 aromatic heterocycles. The zero-order valence-corrected chi connectivity index (χ0v) is 4.27. The van der Waals surface area contributed by atoms with Crippen molar-refractivity contribution >= 4 is 18.0 Å². The van der Waals surface area contributed by atoms with Crippen molar-refractivity contribution in [2.75, 3.05) is 5.75 Å². The second-order valence-electron chi connectivity index (χ2n) is 1.31. The third kappa shape index (κ3) is 0.475. The Hall–Kier alpha value is -0.0600. The summed E-state index contributed by atoms with van der Waals surface area (Å²) in [5, 5.41) is -0.569. The Morgan fingerprint density at radius 1 is 1.71 bits per heavy atom. The highest BCUT2D eigenvalue weighted by atomic mass is 32.2. The highest BCUT2D eigenvalue weighted by molar-refractivity contribution is 8.01. The molecule has 2 aliphatic rings. The van der Waals surface area contributed by atoms with Crippen LogP contribution in [0.1, 0.15) is 0 Å². The van der Waals surface area contributed by atoms with Gasteiger partial charge < -0.3 is 0 Å². The molecule has 2 aliphatic heterocycles. The smallest absolute Gasteiger partial charge is 0.222 e. The van der Waals surface area contributed by atoms with Gasteiger partial charge in [-0.1, -0.05) is 11.8 Å². The largest absolute Gasteiger partial charge is 0.377 e. The van der Waals surface area contributed by atoms with E-state index in [9.17, 15) is 0 Å². The van der Waals surface area contributed by atoms with Crippen LogP contribution in [0.25, 0.3) is 0 Å². The van der Waals surface area contributed by atoms with Crippen LogP contribution in [-0.4, -0.2) is 17.2 Å². The van der Waals surface area contributed by atoms with Gasteiger partial charge in [-0.25, -0.2) is 4.99 Å². The summed E-state index contributed by atoms with van der Waals surface area (Å²) < 4.78 is 0. The Morgan fingerprint density at radius 3 is 2.86 bits per heavy atom. The van der Waals surface area contributed by atoms with E-state index in [0.29, 0.717) is 0 Å². The minimum absolute atomic E-state index is 0.569. The molecule has 38 valence electrons. The number of nitrogens with zero attached hydrogens (tertiary/aromatic N) is 1. The summed E-state index contributed by atoms with van der Waals surface area (Å²) in [6.45, 7) is 0. The van der Waals surface area contributed by atoms with Crippen LogP contribution in [0.2, 0.25) is 0 Å². The summed E-state index contributed by atoms with van der Waals surface area (Å²) in [6, 6.07) is 0. The van der Waals surface area contributed by atoms with E-state index in [1.807, 2.05) is 0 Å². The molecule has 0 radical (unpaired) electrons. The second kappa shape index (κ2) is 1.02. The molecule has 0 aliphatic carbocycles. The molecule has 0 unspecified atom stereocenters. The average molecular weight is 117 g/mol. The summed E-state index contributed by atoms with van der Waals surface area (Å²) in [5.41, 5.74) is 0. The molecule has 1 fully saturated rings. The van der Waals surface area contributed by atoms with Gasteiger partial charge >= 0.3 is 5.24 Å². The van der Waals surface area contributed by atoms with E-state index in [-0.39, 0.29) is 0 Å². The van der Waals surface area contributed by atoms with Crippen LogP contribution in [0.15, 0.2) is 4.99 Å². The number of hydrogen-bond donors (Lipinski definition) is 0. The molecule has 2 heterocycles. The van der Waals surface area contributed by atoms with E-state index in [2.05, 4.69) is 14.8 Å². The highest BCUT2D eigenvalue weighted by Crippen LogP contribution is 2.44. The minimum atomic E-state index is -0.569. The van der Waals surface area contributed by atoms with Crippen molar-refractivity contribution in [2.45, 2.75) is 5.24 Å². The molecule has 7 heavy (non-hydrogen) atoms. The second-order valence-corrected chi connectivity index (χ2v) is 2.45. The van der Waals surface area contributed by atoms with Crippen LogP contribution in [-0.2, 0) is 9.78 Å². The number of aliphatic imine (C=N–C) groups is 1. The fourth-order valence-electron chi connectivity index (χ4n) is 0.456. The normalized spacial score (nSPS) is 32.0. The van der Waals surface area contributed by atoms with E-state index in [4.69, 9.17) is 0 Å². The lowest BCUT2D eigenvalue weighted by atomic mass is 10.9. The monoisotopic (exact) mass is 117 g/mol. The third-order valence-corrected chi connectivity index (χ3v) is 1.74. The lowest BCUT2D eigenvalue weighted by molar-refractivity contribution is 0.0850. The maximum atomic E-state index is 4.52. The molecular weight excluding hydrogens is 114 g/mol. The molecule has 0 amide bonds. The number of hydrogen-bond acceptors (Lipinski definition) is 4. The highest BCUT2D eigenvalue weighted by Gasteiger charge is 2.51. The molecule has 1 spiro atoms. The fraction of sp³-hybridized carbons (Fsp3) is 0.667. The first-order chi connectivity index (χ1) is 3.41. The van der Waals surface area contributed by atoms with Crippen LogP contribution in [0.5, 0.6) is 0 Å². The van der Waals surface area contributed by atoms with Gasteiger partial charge in [0.15, 0.2) is 0 Å². The summed E-state index contributed by atoms with van der Waals surface area (Å²) in [7, 11) is 0. The lowest BCUT2D eigenvalue weighted by Gasteiger charge is -1.82. The predicted molar refractivity (Wildman–Crippen MR) is 25.9 cm³/mol. The van der Waals surface area contributed by atoms with Gasteiger partial charge in [0.1, 0.15) is 0 Å². The zero-order valence-electron chi connectivity index (χ0n) is 3.46. The van der Waals surface area contributed by atoms with Gasteiger partial charge in [-0.05, 0) is 0 Å². The first-order valence-corrected chi connectivity index (χ1v) is 2.94. The fourth-order valence-corrected chi connectivity index (χ4v) is 1.09. The Kier molecular flexibility index (Phi) is 0.564. The van der Waals surface area contributed by atoms with Crippen LogP contribution < -0.4 is 0 Å². The summed E-state index contributed by atoms with van der Waals surface area (Å²) in [6.07, 6.45) is 1.79. The topological polar surface area (TPSA) is 37.4 Å². The Balaban J connectivity index is 2.22. The van der Waals surface area contributed by atoms with Gasteiger partial charge in [-0.15, -0.1) is 0 Å². The molecule has 0 N–H and O–H groups in total. The van der Waals surface area contributed by atoms with Gasteiger partial charge in [0, 0.05) is 12.0 Å². The first kappa shape index (κ1) is 3.88. The van der Waals surface area contributed by atoms with E-state index >= 15 is 0 Å². The van der Waals surface area contributed by atoms with Crippen molar-refractivity contribution in [3.05, 3.63) is 0 Å². The summed E-state index contributed by atoms with van der Waals surface area (Å²) in [4.78, 5) is 12.9. The van der Waals surface area contributed by atoms with Crippen molar-refractivity contribution in [2.24, 2.45) is 4.99 Å². The summed E-state index contributed by atoms with van der Waals surface area (Å²) >= 11 is 1.54. The number of thioether (sulfide) groups is 1. The van der Waals surface area contributed by atoms with Crippen LogP contribution in [0.3, 0.4) is 0 Å². The van der Waals surface area contributed by atoms with E-state index < -0.39 is 5.24 Å². The van der Waals surface area contributed by atoms with Gasteiger partial charge in [-0.2, -0.15) is 9.78 Å². The van der Waals surface area contributed by atoms with Crippen LogP contribution in [0.4, 0.5) is 0 Å². The van der Waals surface area contributed by atoms with Crippen molar-refractivity contribution < 1.29 is 9.78 Å². The Morgan fingerprint density at radius 2 is 2.57 bits per heavy atom. The quantitative estimate of drug-likeness (QED) is 0.340.